The van der Waals surface area contributed by atoms with Gasteiger partial charge in [0.25, 0.3) is 0 Å². The van der Waals surface area contributed by atoms with Gasteiger partial charge in [0.15, 0.2) is 0 Å². The van der Waals surface area contributed by atoms with Gasteiger partial charge in [-0.2, -0.15) is 5.10 Å². The molecule has 4 aromatic rings. The van der Waals surface area contributed by atoms with Gasteiger partial charge in [0.1, 0.15) is 6.04 Å². The second-order valence-corrected chi connectivity index (χ2v) is 7.73. The molecule has 7 nitrogen and oxygen atoms in total. The van der Waals surface area contributed by atoms with E-state index in [4.69, 9.17) is 0 Å². The Morgan fingerprint density at radius 1 is 1.06 bits per heavy atom. The minimum atomic E-state index is -0.443. The van der Waals surface area contributed by atoms with Gasteiger partial charge >= 0.3 is 0 Å². The van der Waals surface area contributed by atoms with Crippen LogP contribution in [0.3, 0.4) is 0 Å². The first-order valence-corrected chi connectivity index (χ1v) is 10.2. The molecule has 158 valence electrons. The largest absolute Gasteiger partial charge is 0.358 e. The van der Waals surface area contributed by atoms with Crippen LogP contribution in [0.15, 0.2) is 60.9 Å². The Morgan fingerprint density at radius 3 is 2.58 bits per heavy atom. The SMILES string of the molecule is Cc1ccc2[nH]c(C)c(CC(=O)Nc3cccc(NC(=O)C(C)n4cccn4)c3)c2c1. The molecule has 1 atom stereocenters. The van der Waals surface area contributed by atoms with E-state index in [2.05, 4.69) is 32.8 Å². The number of fused-ring (bicyclic) bond motifs is 1. The van der Waals surface area contributed by atoms with Crippen LogP contribution >= 0.6 is 0 Å². The van der Waals surface area contributed by atoms with Crippen molar-refractivity contribution >= 4 is 34.1 Å². The summed E-state index contributed by atoms with van der Waals surface area (Å²) in [6.45, 7) is 5.80. The fourth-order valence-electron chi connectivity index (χ4n) is 3.64. The minimum Gasteiger partial charge on any atom is -0.358 e. The zero-order chi connectivity index (χ0) is 22.0. The third-order valence-corrected chi connectivity index (χ3v) is 5.33. The van der Waals surface area contributed by atoms with Gasteiger partial charge < -0.3 is 15.6 Å². The number of aromatic nitrogens is 3. The second kappa shape index (κ2) is 8.47. The van der Waals surface area contributed by atoms with Gasteiger partial charge in [0.05, 0.1) is 6.42 Å². The third-order valence-electron chi connectivity index (χ3n) is 5.33. The summed E-state index contributed by atoms with van der Waals surface area (Å²) < 4.78 is 1.59. The van der Waals surface area contributed by atoms with E-state index in [1.807, 2.05) is 19.9 Å². The van der Waals surface area contributed by atoms with Gasteiger partial charge in [-0.3, -0.25) is 14.3 Å². The number of carbonyl (C=O) groups excluding carboxylic acids is 2. The van der Waals surface area contributed by atoms with E-state index in [9.17, 15) is 9.59 Å². The molecule has 31 heavy (non-hydrogen) atoms. The van der Waals surface area contributed by atoms with Gasteiger partial charge in [-0.25, -0.2) is 0 Å². The maximum Gasteiger partial charge on any atom is 0.248 e. The second-order valence-electron chi connectivity index (χ2n) is 7.73. The number of benzene rings is 2. The number of aromatic amines is 1. The van der Waals surface area contributed by atoms with Crippen LogP contribution in [-0.2, 0) is 16.0 Å². The van der Waals surface area contributed by atoms with E-state index in [0.717, 1.165) is 27.7 Å². The number of anilines is 2. The monoisotopic (exact) mass is 415 g/mol. The van der Waals surface area contributed by atoms with Crippen molar-refractivity contribution in [3.05, 3.63) is 77.7 Å². The van der Waals surface area contributed by atoms with Crippen molar-refractivity contribution in [1.82, 2.24) is 14.8 Å². The number of H-pyrrole nitrogens is 1. The van der Waals surface area contributed by atoms with Crippen molar-refractivity contribution in [3.8, 4) is 0 Å². The molecule has 0 aliphatic carbocycles. The van der Waals surface area contributed by atoms with Crippen molar-refractivity contribution in [3.63, 3.8) is 0 Å². The van der Waals surface area contributed by atoms with Crippen LogP contribution in [0, 0.1) is 13.8 Å². The molecule has 1 unspecified atom stereocenters. The van der Waals surface area contributed by atoms with Gasteiger partial charge in [-0.15, -0.1) is 0 Å². The average Bonchev–Trinajstić information content (AvgIpc) is 3.37. The van der Waals surface area contributed by atoms with E-state index < -0.39 is 6.04 Å². The molecule has 0 aliphatic rings. The first-order chi connectivity index (χ1) is 14.9. The summed E-state index contributed by atoms with van der Waals surface area (Å²) in [5.74, 6) is -0.296. The lowest BCUT2D eigenvalue weighted by Gasteiger charge is -2.13. The molecule has 0 radical (unpaired) electrons. The van der Waals surface area contributed by atoms with Crippen LogP contribution in [0.4, 0.5) is 11.4 Å². The summed E-state index contributed by atoms with van der Waals surface area (Å²) in [5.41, 5.74) is 5.41. The molecule has 0 saturated heterocycles. The van der Waals surface area contributed by atoms with Crippen LogP contribution < -0.4 is 10.6 Å². The molecule has 0 fully saturated rings. The Labute approximate surface area is 180 Å². The first kappa shape index (κ1) is 20.4. The Hall–Kier alpha value is -3.87. The van der Waals surface area contributed by atoms with Crippen LogP contribution in [-0.4, -0.2) is 26.6 Å². The van der Waals surface area contributed by atoms with Crippen molar-refractivity contribution in [1.29, 1.82) is 0 Å². The molecule has 0 saturated carbocycles. The van der Waals surface area contributed by atoms with Crippen LogP contribution in [0.25, 0.3) is 10.9 Å². The van der Waals surface area contributed by atoms with Crippen molar-refractivity contribution in [2.24, 2.45) is 0 Å². The Morgan fingerprint density at radius 2 is 1.84 bits per heavy atom. The lowest BCUT2D eigenvalue weighted by Crippen LogP contribution is -2.24. The predicted octanol–water partition coefficient (Wildman–Crippen LogP) is 4.36. The topological polar surface area (TPSA) is 91.8 Å². The number of nitrogens with one attached hydrogen (secondary N) is 3. The third kappa shape index (κ3) is 4.50. The van der Waals surface area contributed by atoms with Gasteiger partial charge in [0.2, 0.25) is 11.8 Å². The molecular formula is C24H25N5O2. The number of aryl methyl sites for hydroxylation is 2. The summed E-state index contributed by atoms with van der Waals surface area (Å²) in [4.78, 5) is 28.6. The predicted molar refractivity (Wildman–Crippen MR) is 122 cm³/mol. The molecule has 2 aromatic carbocycles. The standard InChI is InChI=1S/C24H25N5O2/c1-15-8-9-22-21(12-15)20(16(2)26-22)14-23(30)27-18-6-4-7-19(13-18)28-24(31)17(3)29-11-5-10-25-29/h4-13,17,26H,14H2,1-3H3,(H,27,30)(H,28,31). The summed E-state index contributed by atoms with van der Waals surface area (Å²) in [6, 6.07) is 14.6. The van der Waals surface area contributed by atoms with Gasteiger partial charge in [-0.05, 0) is 62.7 Å². The van der Waals surface area contributed by atoms with Crippen molar-refractivity contribution in [2.45, 2.75) is 33.2 Å². The van der Waals surface area contributed by atoms with E-state index in [0.29, 0.717) is 11.4 Å². The molecular weight excluding hydrogens is 390 g/mol. The van der Waals surface area contributed by atoms with Gasteiger partial charge in [-0.1, -0.05) is 17.7 Å². The Bertz CT molecular complexity index is 1240. The maximum absolute atomic E-state index is 12.7. The van der Waals surface area contributed by atoms with E-state index >= 15 is 0 Å². The minimum absolute atomic E-state index is 0.112. The molecule has 0 bridgehead atoms. The Balaban J connectivity index is 1.44. The number of nitrogens with zero attached hydrogens (tertiary/aromatic N) is 2. The summed E-state index contributed by atoms with van der Waals surface area (Å²) in [6.07, 6.45) is 3.65. The molecule has 2 amide bonds. The normalized spacial score (nSPS) is 12.0. The van der Waals surface area contributed by atoms with Crippen molar-refractivity contribution in [2.75, 3.05) is 10.6 Å². The quantitative estimate of drug-likeness (QED) is 0.437. The number of rotatable bonds is 6. The average molecular weight is 415 g/mol. The van der Waals surface area contributed by atoms with Gasteiger partial charge in [0, 0.05) is 40.4 Å². The van der Waals surface area contributed by atoms with Crippen molar-refractivity contribution < 1.29 is 9.59 Å². The smallest absolute Gasteiger partial charge is 0.248 e. The maximum atomic E-state index is 12.7. The molecule has 3 N–H and O–H groups in total. The molecule has 0 spiro atoms. The molecule has 2 heterocycles. The highest BCUT2D eigenvalue weighted by Gasteiger charge is 2.16. The highest BCUT2D eigenvalue weighted by molar-refractivity contribution is 5.98. The fraction of sp³-hybridized carbons (Fsp3) is 0.208. The number of hydrogen-bond acceptors (Lipinski definition) is 3. The van der Waals surface area contributed by atoms with E-state index in [1.54, 1.807) is 54.3 Å². The zero-order valence-electron chi connectivity index (χ0n) is 17.8. The summed E-state index contributed by atoms with van der Waals surface area (Å²) in [7, 11) is 0. The van der Waals surface area contributed by atoms with Crippen LogP contribution in [0.2, 0.25) is 0 Å². The Kier molecular flexibility index (Phi) is 5.58. The number of carbonyl (C=O) groups is 2. The number of hydrogen-bond donors (Lipinski definition) is 3. The van der Waals surface area contributed by atoms with E-state index in [1.165, 1.54) is 0 Å². The molecule has 2 aromatic heterocycles. The van der Waals surface area contributed by atoms with E-state index in [-0.39, 0.29) is 18.2 Å². The molecule has 7 heteroatoms. The highest BCUT2D eigenvalue weighted by Crippen LogP contribution is 2.24. The molecule has 4 rings (SSSR count). The summed E-state index contributed by atoms with van der Waals surface area (Å²) in [5, 5.41) is 11.0. The lowest BCUT2D eigenvalue weighted by atomic mass is 10.1. The molecule has 0 aliphatic heterocycles. The fourth-order valence-corrected chi connectivity index (χ4v) is 3.64. The number of amides is 2. The first-order valence-electron chi connectivity index (χ1n) is 10.2. The van der Waals surface area contributed by atoms with Crippen LogP contribution in [0.1, 0.15) is 29.8 Å². The van der Waals surface area contributed by atoms with Crippen LogP contribution in [0.5, 0.6) is 0 Å². The highest BCUT2D eigenvalue weighted by atomic mass is 16.2. The zero-order valence-corrected chi connectivity index (χ0v) is 17.8. The lowest BCUT2D eigenvalue weighted by molar-refractivity contribution is -0.119. The summed E-state index contributed by atoms with van der Waals surface area (Å²) >= 11 is 0.